The number of sulfonamides is 5. The molecule has 0 spiro atoms. The van der Waals surface area contributed by atoms with Crippen LogP contribution in [0, 0.1) is 32.1 Å². The van der Waals surface area contributed by atoms with Crippen molar-refractivity contribution in [3.05, 3.63) is 306 Å². The van der Waals surface area contributed by atoms with Gasteiger partial charge in [-0.2, -0.15) is 5.26 Å². The topological polar surface area (TPSA) is 634 Å². The molecule has 143 heavy (non-hydrogen) atoms. The Morgan fingerprint density at radius 1 is 0.329 bits per heavy atom. The minimum Gasteiger partial charge on any atom is -0.490 e. The molecule has 0 unspecified atom stereocenters. The number of aromatic nitrogens is 3. The second-order valence-corrected chi connectivity index (χ2v) is 45.2. The van der Waals surface area contributed by atoms with Gasteiger partial charge in [0.05, 0.1) is 84.3 Å². The summed E-state index contributed by atoms with van der Waals surface area (Å²) in [6, 6.07) is 52.7. The summed E-state index contributed by atoms with van der Waals surface area (Å²) in [5.41, 5.74) is 35.8. The lowest BCUT2D eigenvalue weighted by Gasteiger charge is -2.27. The molecule has 3 aromatic heterocycles. The lowest BCUT2D eigenvalue weighted by molar-refractivity contribution is 0.0872. The molecule has 8 heterocycles. The SMILES string of the molecule is CC(=O)c1cc(C(=O)NC(C)(C)COc2cccc3c2C(N)=NS(=O)(=O)C3)ccn1.CC(C)(COc1cccc2c1C(N)=NS(=O)(=O)C2)NC(=O)c1ccccc1.CC(C)(COc1cccc2c1C(N)=NS(=O)(=O)C2)NC(=O)c1ccnc(C#N)c1.Cc1cc(C(=O)NC(C)(C)COc2cccc3c2C(N)=NS(=O)(=O)C3)cc(C)n1.Cc1cccc(C(=O)NC(C)(C)COc2cccc3c2C(N)=NS(=O)(=O)C3)c1. The molecule has 15 rings (SSSR count). The number of amides is 5. The summed E-state index contributed by atoms with van der Waals surface area (Å²) in [4.78, 5) is 86.1. The summed E-state index contributed by atoms with van der Waals surface area (Å²) in [6.45, 7) is 25.8. The molecule has 0 aliphatic carbocycles. The second-order valence-electron chi connectivity index (χ2n) is 37.0. The number of nitriles is 1. The number of benzene rings is 7. The number of aryl methyl sites for hydroxylation is 3. The van der Waals surface area contributed by atoms with Crippen molar-refractivity contribution in [2.75, 3.05) is 33.0 Å². The van der Waals surface area contributed by atoms with Crippen molar-refractivity contribution in [2.24, 2.45) is 50.7 Å². The first-order valence-corrected chi connectivity index (χ1v) is 52.0. The van der Waals surface area contributed by atoms with E-state index in [9.17, 15) is 70.9 Å². The minimum absolute atomic E-state index is 0.0832. The van der Waals surface area contributed by atoms with Gasteiger partial charge in [-0.1, -0.05) is 96.6 Å². The van der Waals surface area contributed by atoms with E-state index in [0.717, 1.165) is 17.0 Å². The Morgan fingerprint density at radius 3 is 0.874 bits per heavy atom. The fourth-order valence-electron chi connectivity index (χ4n) is 14.8. The summed E-state index contributed by atoms with van der Waals surface area (Å²) in [7, 11) is -18.1. The summed E-state index contributed by atoms with van der Waals surface area (Å²) in [5.74, 6) is -1.19. The summed E-state index contributed by atoms with van der Waals surface area (Å²) in [6.07, 6.45) is 2.80. The van der Waals surface area contributed by atoms with E-state index < -0.39 is 77.8 Å². The Bertz CT molecular complexity index is 7490. The maximum atomic E-state index is 12.6. The number of nitrogens with zero attached hydrogens (tertiary/aromatic N) is 9. The first-order valence-electron chi connectivity index (χ1n) is 43.9. The molecular weight excluding hydrogens is 1940 g/mol. The standard InChI is InChI=1S/C20H22N4O5S.C20H24N4O4S.C20H23N3O4S.C19H19N5O4S.C19H21N3O4S/c1-12(25)15-9-13(7-8-22-15)19(26)23-20(2,3)11-29-16-6-4-5-14-10-30(27,28)24-18(21)17(14)16;1-12-8-15(9-13(2)22-12)19(25)23-20(3,4)11-28-16-7-5-6-14-10-29(26,27)24-18(21)17(14)16;1-13-6-4-7-14(10-13)19(24)22-20(2,3)12-27-16-9-5-8-15-11-28(25,26)23-18(21)17(15)16;1-19(2,23-18(25)12-6-7-22-14(8-12)9-20)11-28-15-5-3-4-13-10-29(26,27)24-17(21)16(13)15;1-19(2,21-18(23)13-7-4-3-5-8-13)12-26-15-10-6-9-14-11-27(24,25)22-17(20)16(14)15/h4-9H,10-11H2,1-3H3,(H2,21,24)(H,23,26);5-9H,10-11H2,1-4H3,(H2,21,24)(H,23,25);4-10H,11-12H2,1-3H3,(H2,21,23)(H,22,24);3-8H,10-11H2,1-2H3,(H2,21,24)(H,23,25);3-10H,11-12H2,1-2H3,(H2,20,22)(H,21,23). The number of hydrogen-bond acceptors (Lipinski definition) is 30. The molecule has 0 atom stereocenters. The third-order valence-electron chi connectivity index (χ3n) is 21.1. The number of nitrogens with one attached hydrogen (secondary N) is 5. The molecule has 0 fully saturated rings. The van der Waals surface area contributed by atoms with Crippen LogP contribution in [-0.4, -0.2) is 182 Å². The predicted octanol–water partition coefficient (Wildman–Crippen LogP) is 8.30. The fourth-order valence-corrected chi connectivity index (χ4v) is 20.2. The zero-order valence-electron chi connectivity index (χ0n) is 80.6. The van der Waals surface area contributed by atoms with Crippen LogP contribution >= 0.6 is 0 Å². The van der Waals surface area contributed by atoms with Gasteiger partial charge in [-0.3, -0.25) is 38.7 Å². The molecule has 40 nitrogen and oxygen atoms in total. The molecule has 5 aliphatic rings. The third-order valence-corrected chi connectivity index (χ3v) is 26.9. The van der Waals surface area contributed by atoms with Crippen LogP contribution < -0.4 is 78.9 Å². The average Bonchev–Trinajstić information content (AvgIpc) is 0.793. The molecule has 0 bridgehead atoms. The monoisotopic (exact) mass is 2050 g/mol. The lowest BCUT2D eigenvalue weighted by atomic mass is 10.0. The Labute approximate surface area is 828 Å². The van der Waals surface area contributed by atoms with Gasteiger partial charge in [-0.25, -0.2) is 47.1 Å². The first-order chi connectivity index (χ1) is 66.8. The van der Waals surface area contributed by atoms with Gasteiger partial charge >= 0.3 is 0 Å². The fraction of sp³-hybridized carbons (Fsp3) is 0.296. The molecule has 0 saturated heterocycles. The van der Waals surface area contributed by atoms with Crippen molar-refractivity contribution < 1.29 is 94.5 Å². The Kier molecular flexibility index (Phi) is 33.1. The molecule has 10 aromatic rings. The molecular formula is C98H109N19O21S5. The van der Waals surface area contributed by atoms with E-state index in [1.807, 2.05) is 92.6 Å². The molecule has 45 heteroatoms. The summed E-state index contributed by atoms with van der Waals surface area (Å²) < 4.78 is 165. The zero-order valence-corrected chi connectivity index (χ0v) is 84.7. The molecule has 5 aliphatic heterocycles. The van der Waals surface area contributed by atoms with Crippen molar-refractivity contribution in [3.63, 3.8) is 0 Å². The van der Waals surface area contributed by atoms with E-state index in [4.69, 9.17) is 57.6 Å². The van der Waals surface area contributed by atoms with Crippen LogP contribution in [0.25, 0.3) is 0 Å². The summed E-state index contributed by atoms with van der Waals surface area (Å²) >= 11 is 0. The number of nitrogens with two attached hydrogens (primary N) is 5. The maximum absolute atomic E-state index is 12.6. The normalized spacial score (nSPS) is 15.2. The van der Waals surface area contributed by atoms with Gasteiger partial charge in [0.25, 0.3) is 79.7 Å². The number of pyridine rings is 3. The zero-order chi connectivity index (χ0) is 105. The van der Waals surface area contributed by atoms with Gasteiger partial charge in [0.1, 0.15) is 108 Å². The van der Waals surface area contributed by atoms with Gasteiger partial charge in [-0.05, 0) is 209 Å². The Hall–Kier alpha value is -15.4. The predicted molar refractivity (Wildman–Crippen MR) is 539 cm³/mol. The van der Waals surface area contributed by atoms with Crippen molar-refractivity contribution in [1.82, 2.24) is 41.5 Å². The van der Waals surface area contributed by atoms with Gasteiger partial charge in [-0.15, -0.1) is 22.0 Å². The molecule has 5 amide bonds. The van der Waals surface area contributed by atoms with Crippen molar-refractivity contribution >= 4 is 115 Å². The number of amidine groups is 5. The van der Waals surface area contributed by atoms with Gasteiger partial charge in [0.15, 0.2) is 5.78 Å². The van der Waals surface area contributed by atoms with E-state index in [2.05, 4.69) is 63.5 Å². The Balaban J connectivity index is 0.000000171. The van der Waals surface area contributed by atoms with Gasteiger partial charge < -0.3 is 78.9 Å². The highest BCUT2D eigenvalue weighted by atomic mass is 32.2. The van der Waals surface area contributed by atoms with Gasteiger partial charge in [0, 0.05) is 58.5 Å². The van der Waals surface area contributed by atoms with Crippen molar-refractivity contribution in [3.8, 4) is 34.8 Å². The molecule has 15 N–H and O–H groups in total. The Morgan fingerprint density at radius 2 is 0.587 bits per heavy atom. The first kappa shape index (κ1) is 108. The quantitative estimate of drug-likeness (QED) is 0.0228. The minimum atomic E-state index is -3.64. The largest absolute Gasteiger partial charge is 0.490 e. The van der Waals surface area contributed by atoms with Crippen LogP contribution in [0.2, 0.25) is 0 Å². The number of carbonyl (C=O) groups is 6. The third kappa shape index (κ3) is 30.1. The smallest absolute Gasteiger partial charge is 0.259 e. The molecule has 7 aromatic carbocycles. The maximum Gasteiger partial charge on any atom is 0.259 e. The van der Waals surface area contributed by atoms with Gasteiger partial charge in [0.2, 0.25) is 0 Å². The second kappa shape index (κ2) is 43.8. The number of rotatable bonds is 26. The van der Waals surface area contributed by atoms with Crippen LogP contribution in [0.3, 0.4) is 0 Å². The van der Waals surface area contributed by atoms with E-state index in [-0.39, 0.29) is 138 Å². The number of ether oxygens (including phenoxy) is 5. The van der Waals surface area contributed by atoms with Crippen LogP contribution in [0.1, 0.15) is 217 Å². The number of fused-ring (bicyclic) bond motifs is 5. The molecule has 752 valence electrons. The van der Waals surface area contributed by atoms with E-state index in [0.29, 0.717) is 112 Å². The highest BCUT2D eigenvalue weighted by molar-refractivity contribution is 7.90. The van der Waals surface area contributed by atoms with Crippen LogP contribution in [-0.2, 0) is 78.9 Å². The van der Waals surface area contributed by atoms with Crippen molar-refractivity contribution in [1.29, 1.82) is 5.26 Å². The highest BCUT2D eigenvalue weighted by Crippen LogP contribution is 2.35. The molecule has 0 saturated carbocycles. The van der Waals surface area contributed by atoms with E-state index >= 15 is 0 Å². The van der Waals surface area contributed by atoms with E-state index in [1.165, 1.54) is 43.6 Å². The number of ketones is 1. The average molecular weight is 2050 g/mol. The van der Waals surface area contributed by atoms with E-state index in [1.54, 1.807) is 161 Å². The number of carbonyl (C=O) groups excluding carboxylic acids is 6. The van der Waals surface area contributed by atoms with Crippen LogP contribution in [0.4, 0.5) is 0 Å². The lowest BCUT2D eigenvalue weighted by Crippen LogP contribution is -2.48. The number of hydrogen-bond donors (Lipinski definition) is 10. The van der Waals surface area contributed by atoms with Crippen molar-refractivity contribution in [2.45, 2.75) is 153 Å². The number of Topliss-reactive ketones (excluding diaryl/α,β-unsaturated/α-hetero) is 1. The van der Waals surface area contributed by atoms with Crippen LogP contribution in [0.15, 0.2) is 216 Å². The summed E-state index contributed by atoms with van der Waals surface area (Å²) in [5, 5.41) is 23.4. The molecule has 0 radical (unpaired) electrons. The highest BCUT2D eigenvalue weighted by Gasteiger charge is 2.36. The van der Waals surface area contributed by atoms with Crippen LogP contribution in [0.5, 0.6) is 28.7 Å².